The second kappa shape index (κ2) is 5.92. The van der Waals surface area contributed by atoms with Gasteiger partial charge in [-0.3, -0.25) is 9.59 Å². The fourth-order valence-electron chi connectivity index (χ4n) is 2.22. The van der Waals surface area contributed by atoms with E-state index in [1.807, 2.05) is 0 Å². The first-order valence-electron chi connectivity index (χ1n) is 5.95. The van der Waals surface area contributed by atoms with E-state index in [4.69, 9.17) is 16.7 Å². The van der Waals surface area contributed by atoms with Crippen LogP contribution in [0.2, 0.25) is 5.02 Å². The molecule has 0 saturated carbocycles. The lowest BCUT2D eigenvalue weighted by molar-refractivity contribution is -0.143. The van der Waals surface area contributed by atoms with E-state index >= 15 is 0 Å². The third-order valence-corrected chi connectivity index (χ3v) is 3.84. The van der Waals surface area contributed by atoms with Gasteiger partial charge in [0.05, 0.1) is 5.92 Å². The largest absolute Gasteiger partial charge is 0.481 e. The highest BCUT2D eigenvalue weighted by Gasteiger charge is 2.28. The lowest BCUT2D eigenvalue weighted by atomic mass is 9.97. The second-order valence-corrected chi connectivity index (χ2v) is 5.94. The monoisotopic (exact) mass is 345 g/mol. The molecule has 1 unspecified atom stereocenters. The van der Waals surface area contributed by atoms with E-state index in [2.05, 4.69) is 15.9 Å². The number of carboxylic acid groups (broad SMARTS) is 1. The number of benzene rings is 1. The Morgan fingerprint density at radius 2 is 2.11 bits per heavy atom. The van der Waals surface area contributed by atoms with E-state index in [1.165, 1.54) is 0 Å². The van der Waals surface area contributed by atoms with E-state index in [9.17, 15) is 9.59 Å². The Morgan fingerprint density at radius 3 is 2.74 bits per heavy atom. The van der Waals surface area contributed by atoms with Gasteiger partial charge in [0.1, 0.15) is 0 Å². The quantitative estimate of drug-likeness (QED) is 0.895. The number of hydrogen-bond donors (Lipinski definition) is 1. The van der Waals surface area contributed by atoms with Crippen molar-refractivity contribution >= 4 is 39.4 Å². The molecule has 0 spiro atoms. The van der Waals surface area contributed by atoms with E-state index in [0.29, 0.717) is 30.0 Å². The minimum atomic E-state index is -0.843. The molecule has 19 heavy (non-hydrogen) atoms. The third-order valence-electron chi connectivity index (χ3n) is 3.17. The van der Waals surface area contributed by atoms with Gasteiger partial charge in [-0.1, -0.05) is 27.5 Å². The van der Waals surface area contributed by atoms with Crippen LogP contribution in [0.3, 0.4) is 0 Å². The molecule has 1 N–H and O–H groups in total. The van der Waals surface area contributed by atoms with Crippen molar-refractivity contribution in [3.63, 3.8) is 0 Å². The molecule has 6 heteroatoms. The number of nitrogens with zero attached hydrogens (tertiary/aromatic N) is 1. The maximum absolute atomic E-state index is 12.3. The van der Waals surface area contributed by atoms with Gasteiger partial charge in [-0.2, -0.15) is 0 Å². The molecule has 2 rings (SSSR count). The summed E-state index contributed by atoms with van der Waals surface area (Å²) in [4.78, 5) is 24.9. The SMILES string of the molecule is O=C(O)C1CCCN(C(=O)c2cc(Cl)cc(Br)c2)C1. The summed E-state index contributed by atoms with van der Waals surface area (Å²) in [5.41, 5.74) is 0.477. The minimum absolute atomic E-state index is 0.172. The van der Waals surface area contributed by atoms with Crippen LogP contribution in [0, 0.1) is 5.92 Å². The smallest absolute Gasteiger partial charge is 0.308 e. The van der Waals surface area contributed by atoms with Crippen LogP contribution < -0.4 is 0 Å². The topological polar surface area (TPSA) is 57.6 Å². The minimum Gasteiger partial charge on any atom is -0.481 e. The van der Waals surface area contributed by atoms with E-state index < -0.39 is 11.9 Å². The summed E-state index contributed by atoms with van der Waals surface area (Å²) in [6.07, 6.45) is 1.34. The van der Waals surface area contributed by atoms with Crippen LogP contribution >= 0.6 is 27.5 Å². The van der Waals surface area contributed by atoms with Crippen molar-refractivity contribution in [2.45, 2.75) is 12.8 Å². The molecule has 1 aliphatic heterocycles. The zero-order valence-corrected chi connectivity index (χ0v) is 12.4. The Balaban J connectivity index is 2.16. The average Bonchev–Trinajstić information content (AvgIpc) is 2.37. The third kappa shape index (κ3) is 3.48. The van der Waals surface area contributed by atoms with E-state index in [-0.39, 0.29) is 12.5 Å². The van der Waals surface area contributed by atoms with Gasteiger partial charge in [-0.15, -0.1) is 0 Å². The summed E-state index contributed by atoms with van der Waals surface area (Å²) in [7, 11) is 0. The summed E-state index contributed by atoms with van der Waals surface area (Å²) in [5, 5.41) is 9.51. The molecule has 1 amide bonds. The van der Waals surface area contributed by atoms with Crippen LogP contribution in [0.1, 0.15) is 23.2 Å². The summed E-state index contributed by atoms with van der Waals surface area (Å²) in [6.45, 7) is 0.852. The number of hydrogen-bond acceptors (Lipinski definition) is 2. The van der Waals surface area contributed by atoms with Gasteiger partial charge in [-0.25, -0.2) is 0 Å². The highest BCUT2D eigenvalue weighted by molar-refractivity contribution is 9.10. The number of carbonyl (C=O) groups is 2. The Labute approximate surface area is 124 Å². The predicted molar refractivity (Wildman–Crippen MR) is 75.4 cm³/mol. The van der Waals surface area contributed by atoms with Crippen molar-refractivity contribution in [2.24, 2.45) is 5.92 Å². The van der Waals surface area contributed by atoms with Crippen molar-refractivity contribution in [1.82, 2.24) is 4.90 Å². The van der Waals surface area contributed by atoms with Crippen LogP contribution in [0.5, 0.6) is 0 Å². The Kier molecular flexibility index (Phi) is 4.47. The first-order chi connectivity index (χ1) is 8.97. The zero-order chi connectivity index (χ0) is 14.0. The first-order valence-corrected chi connectivity index (χ1v) is 7.12. The number of carboxylic acids is 1. The van der Waals surface area contributed by atoms with Gasteiger partial charge in [0, 0.05) is 28.1 Å². The zero-order valence-electron chi connectivity index (χ0n) is 10.1. The lowest BCUT2D eigenvalue weighted by Crippen LogP contribution is -2.42. The molecule has 0 aliphatic carbocycles. The maximum Gasteiger partial charge on any atom is 0.308 e. The molecular formula is C13H13BrClNO3. The van der Waals surface area contributed by atoms with Crippen LogP contribution in [0.15, 0.2) is 22.7 Å². The molecule has 102 valence electrons. The molecule has 4 nitrogen and oxygen atoms in total. The molecule has 1 aromatic carbocycles. The molecule has 1 fully saturated rings. The summed E-state index contributed by atoms with van der Waals surface area (Å²) in [5.74, 6) is -1.49. The number of likely N-dealkylation sites (tertiary alicyclic amines) is 1. The van der Waals surface area contributed by atoms with Crippen molar-refractivity contribution in [1.29, 1.82) is 0 Å². The normalized spacial score (nSPS) is 19.3. The summed E-state index contributed by atoms with van der Waals surface area (Å²) in [6, 6.07) is 4.99. The van der Waals surface area contributed by atoms with Crippen LogP contribution in [0.4, 0.5) is 0 Å². The molecule has 1 saturated heterocycles. The van der Waals surface area contributed by atoms with Crippen molar-refractivity contribution in [2.75, 3.05) is 13.1 Å². The second-order valence-electron chi connectivity index (χ2n) is 4.59. The maximum atomic E-state index is 12.3. The molecule has 1 aliphatic rings. The standard InChI is InChI=1S/C13H13BrClNO3/c14-10-4-9(5-11(15)6-10)12(17)16-3-1-2-8(7-16)13(18)19/h4-6,8H,1-3,7H2,(H,18,19). The van der Waals surface area contributed by atoms with Crippen LogP contribution in [-0.4, -0.2) is 35.0 Å². The van der Waals surface area contributed by atoms with Crippen molar-refractivity contribution in [3.8, 4) is 0 Å². The highest BCUT2D eigenvalue weighted by Crippen LogP contribution is 2.23. The summed E-state index contributed by atoms with van der Waals surface area (Å²) < 4.78 is 0.732. The van der Waals surface area contributed by atoms with Gasteiger partial charge in [0.2, 0.25) is 0 Å². The lowest BCUT2D eigenvalue weighted by Gasteiger charge is -2.30. The fourth-order valence-corrected chi connectivity index (χ4v) is 3.08. The van der Waals surface area contributed by atoms with Gasteiger partial charge in [-0.05, 0) is 31.0 Å². The fraction of sp³-hybridized carbons (Fsp3) is 0.385. The number of amides is 1. The van der Waals surface area contributed by atoms with E-state index in [1.54, 1.807) is 23.1 Å². The van der Waals surface area contributed by atoms with Gasteiger partial charge in [0.15, 0.2) is 0 Å². The van der Waals surface area contributed by atoms with Gasteiger partial charge < -0.3 is 10.0 Å². The number of rotatable bonds is 2. The summed E-state index contributed by atoms with van der Waals surface area (Å²) >= 11 is 9.21. The Bertz CT molecular complexity index is 500. The first kappa shape index (κ1) is 14.3. The van der Waals surface area contributed by atoms with Gasteiger partial charge >= 0.3 is 5.97 Å². The number of piperidine rings is 1. The molecule has 1 aromatic rings. The Morgan fingerprint density at radius 1 is 1.37 bits per heavy atom. The molecular weight excluding hydrogens is 334 g/mol. The van der Waals surface area contributed by atoms with E-state index in [0.717, 1.165) is 4.47 Å². The highest BCUT2D eigenvalue weighted by atomic mass is 79.9. The molecule has 0 bridgehead atoms. The number of aliphatic carboxylic acids is 1. The predicted octanol–water partition coefficient (Wildman–Crippen LogP) is 3.04. The van der Waals surface area contributed by atoms with Crippen molar-refractivity contribution in [3.05, 3.63) is 33.3 Å². The molecule has 0 aromatic heterocycles. The molecule has 1 heterocycles. The number of halogens is 2. The Hall–Kier alpha value is -1.07. The van der Waals surface area contributed by atoms with Gasteiger partial charge in [0.25, 0.3) is 5.91 Å². The van der Waals surface area contributed by atoms with Crippen molar-refractivity contribution < 1.29 is 14.7 Å². The molecule has 0 radical (unpaired) electrons. The van der Waals surface area contributed by atoms with Crippen LogP contribution in [-0.2, 0) is 4.79 Å². The van der Waals surface area contributed by atoms with Crippen LogP contribution in [0.25, 0.3) is 0 Å². The average molecular weight is 347 g/mol. The molecule has 1 atom stereocenters. The number of carbonyl (C=O) groups excluding carboxylic acids is 1.